The van der Waals surface area contributed by atoms with Crippen LogP contribution in [0.3, 0.4) is 0 Å². The van der Waals surface area contributed by atoms with Crippen LogP contribution >= 0.6 is 0 Å². The molecule has 41 heavy (non-hydrogen) atoms. The minimum absolute atomic E-state index is 0. The number of ether oxygens (including phenoxy) is 1. The maximum absolute atomic E-state index is 12.5. The number of aliphatic hydroxyl groups is 1. The first kappa shape index (κ1) is 49.5. The zero-order valence-electron chi connectivity index (χ0n) is 24.3. The van der Waals surface area contributed by atoms with Crippen LogP contribution in [0, 0.1) is 0 Å². The Morgan fingerprint density at radius 2 is 1.34 bits per heavy atom. The molecular formula is C21H37Na3O14S3. The molecule has 0 radical (unpaired) electrons. The third kappa shape index (κ3) is 30.1. The van der Waals surface area contributed by atoms with Gasteiger partial charge in [-0.25, -0.2) is 21.0 Å². The van der Waals surface area contributed by atoms with Crippen LogP contribution in [-0.2, 0) is 44.3 Å². The molecule has 0 amide bonds. The second-order valence-electron chi connectivity index (χ2n) is 8.83. The monoisotopic (exact) mass is 678 g/mol. The van der Waals surface area contributed by atoms with Crippen molar-refractivity contribution in [1.29, 1.82) is 0 Å². The van der Waals surface area contributed by atoms with E-state index in [2.05, 4.69) is 8.92 Å². The Morgan fingerprint density at radius 3 is 1.83 bits per heavy atom. The molecule has 2 atom stereocenters. The van der Waals surface area contributed by atoms with Crippen LogP contribution in [0.1, 0.15) is 90.4 Å². The van der Waals surface area contributed by atoms with E-state index >= 15 is 0 Å². The van der Waals surface area contributed by atoms with Crippen LogP contribution in [0.5, 0.6) is 0 Å². The van der Waals surface area contributed by atoms with Crippen LogP contribution in [0.4, 0.5) is 0 Å². The van der Waals surface area contributed by atoms with Gasteiger partial charge in [0.25, 0.3) is 0 Å². The van der Waals surface area contributed by atoms with Crippen molar-refractivity contribution in [3.05, 3.63) is 10.7 Å². The van der Waals surface area contributed by atoms with Crippen LogP contribution in [0.2, 0.25) is 0 Å². The minimum atomic E-state index is -5.11. The fraction of sp³-hybridized carbons (Fsp3) is 0.857. The molecule has 0 aliphatic rings. The number of carbonyl (C=O) groups is 1. The molecule has 0 rings (SSSR count). The Morgan fingerprint density at radius 1 is 0.829 bits per heavy atom. The maximum atomic E-state index is 12.5. The number of carbonyl (C=O) groups excluding carboxylic acids is 1. The van der Waals surface area contributed by atoms with E-state index in [1.807, 2.05) is 6.92 Å². The minimum Gasteiger partial charge on any atom is -0.875 e. The van der Waals surface area contributed by atoms with Gasteiger partial charge >= 0.3 is 105 Å². The molecule has 0 saturated heterocycles. The van der Waals surface area contributed by atoms with E-state index in [9.17, 15) is 49.4 Å². The average Bonchev–Trinajstić information content (AvgIpc) is 2.73. The summed E-state index contributed by atoms with van der Waals surface area (Å²) in [6, 6.07) is 0. The van der Waals surface area contributed by atoms with Crippen LogP contribution in [-0.4, -0.2) is 74.6 Å². The molecule has 0 aromatic carbocycles. The van der Waals surface area contributed by atoms with Gasteiger partial charge < -0.3 is 24.1 Å². The second-order valence-corrected chi connectivity index (χ2v) is 12.7. The van der Waals surface area contributed by atoms with Gasteiger partial charge in [0.05, 0.1) is 22.0 Å². The summed E-state index contributed by atoms with van der Waals surface area (Å²) in [4.78, 5) is 10.7. The van der Waals surface area contributed by atoms with E-state index in [4.69, 9.17) is 4.55 Å². The average molecular weight is 679 g/mol. The number of rotatable bonds is 22. The summed E-state index contributed by atoms with van der Waals surface area (Å²) in [5.74, 6) is -2.85. The number of hydrogen-bond donors (Lipinski definition) is 2. The summed E-state index contributed by atoms with van der Waals surface area (Å²) < 4.78 is 107. The van der Waals surface area contributed by atoms with Gasteiger partial charge in [-0.2, -0.15) is 8.42 Å². The molecule has 0 aliphatic carbocycles. The summed E-state index contributed by atoms with van der Waals surface area (Å²) in [5.41, 5.74) is 0. The Bertz CT molecular complexity index is 1060. The first-order valence-corrected chi connectivity index (χ1v) is 16.6. The zero-order chi connectivity index (χ0) is 29.4. The molecule has 0 aliphatic heterocycles. The quantitative estimate of drug-likeness (QED) is 0.0355. The maximum Gasteiger partial charge on any atom is 1.00 e. The molecule has 20 heteroatoms. The zero-order valence-corrected chi connectivity index (χ0v) is 32.7. The molecular weight excluding hydrogens is 641 g/mol. The summed E-state index contributed by atoms with van der Waals surface area (Å²) in [5, 5.41) is 21.8. The predicted molar refractivity (Wildman–Crippen MR) is 130 cm³/mol. The third-order valence-electron chi connectivity index (χ3n) is 5.28. The largest absolute Gasteiger partial charge is 1.00 e. The van der Waals surface area contributed by atoms with E-state index in [1.165, 1.54) is 0 Å². The molecule has 0 heterocycles. The molecule has 14 nitrogen and oxygen atoms in total. The van der Waals surface area contributed by atoms with Gasteiger partial charge in [-0.1, -0.05) is 51.9 Å². The Kier molecular flexibility index (Phi) is 31.2. The smallest absolute Gasteiger partial charge is 0.875 e. The number of aliphatic hydroxyl groups excluding tert-OH is 1. The van der Waals surface area contributed by atoms with E-state index in [-0.39, 0.29) is 114 Å². The van der Waals surface area contributed by atoms with Crippen molar-refractivity contribution >= 4 is 36.6 Å². The van der Waals surface area contributed by atoms with Crippen molar-refractivity contribution in [2.24, 2.45) is 0 Å². The fourth-order valence-electron chi connectivity index (χ4n) is 3.51. The van der Waals surface area contributed by atoms with Crippen molar-refractivity contribution < 1.29 is 152 Å². The molecule has 0 saturated carbocycles. The van der Waals surface area contributed by atoms with Gasteiger partial charge in [0.1, 0.15) is 22.8 Å². The van der Waals surface area contributed by atoms with Crippen molar-refractivity contribution in [2.45, 2.75) is 103 Å². The molecule has 0 spiro atoms. The first-order chi connectivity index (χ1) is 17.4. The molecule has 0 bridgehead atoms. The number of unbranched alkanes of at least 4 members (excludes halogenated alkanes) is 7. The van der Waals surface area contributed by atoms with Gasteiger partial charge in [0, 0.05) is 11.3 Å². The molecule has 2 N–H and O–H groups in total. The number of esters is 1. The predicted octanol–water partition coefficient (Wildman–Crippen LogP) is -8.16. The van der Waals surface area contributed by atoms with Crippen molar-refractivity contribution in [1.82, 2.24) is 0 Å². The standard InChI is InChI=1S/C21H40O14S3.3Na/c1-2-3-4-8-11-18(35-38(31,32)33)14-19(23)20(37(28,29)30)12-9-6-5-7-10-13-21(24)34-15-17(22)16-36(25,26)27;;;/h17-18,22-23H,2-16H2,1H3,(H,25,26,27)(H,28,29,30)(H,31,32,33);;;/q;3*+1/p-3/b20-19+;;;. The second kappa shape index (κ2) is 25.8. The topological polar surface area (TPSA) is 248 Å². The van der Waals surface area contributed by atoms with Crippen molar-refractivity contribution in [3.63, 3.8) is 0 Å². The normalized spacial score (nSPS) is 14.0. The van der Waals surface area contributed by atoms with Gasteiger partial charge in [-0.05, 0) is 32.1 Å². The van der Waals surface area contributed by atoms with Crippen molar-refractivity contribution in [2.75, 3.05) is 12.4 Å². The van der Waals surface area contributed by atoms with Gasteiger partial charge in [-0.15, -0.1) is 5.76 Å². The van der Waals surface area contributed by atoms with E-state index in [1.54, 1.807) is 0 Å². The number of allylic oxidation sites excluding steroid dienone is 1. The van der Waals surface area contributed by atoms with E-state index in [0.717, 1.165) is 12.8 Å². The van der Waals surface area contributed by atoms with E-state index in [0.29, 0.717) is 38.5 Å². The van der Waals surface area contributed by atoms with E-state index < -0.39 is 78.3 Å². The summed E-state index contributed by atoms with van der Waals surface area (Å²) in [6.07, 6.45) is 0.878. The first-order valence-electron chi connectivity index (χ1n) is 12.2. The van der Waals surface area contributed by atoms with Crippen LogP contribution in [0.25, 0.3) is 0 Å². The van der Waals surface area contributed by atoms with Gasteiger partial charge in [0.15, 0.2) is 0 Å². The number of hydrogen-bond acceptors (Lipinski definition) is 13. The fourth-order valence-corrected chi connectivity index (χ4v) is 5.34. The third-order valence-corrected chi connectivity index (χ3v) is 7.62. The molecule has 2 unspecified atom stereocenters. The molecule has 226 valence electrons. The summed E-state index contributed by atoms with van der Waals surface area (Å²) >= 11 is 0. The Hall–Kier alpha value is 1.66. The SMILES string of the molecule is CCCCCCC(C/C([O-])=C(/CCCCCCCC(=O)OCC(O)CS(=O)(=O)[O-])S(=O)(=O)[O-])OS(=O)(=O)O.[Na+].[Na+].[Na+]. The molecule has 0 fully saturated rings. The van der Waals surface area contributed by atoms with Gasteiger partial charge in [0.2, 0.25) is 0 Å². The Balaban J connectivity index is -0.00000228. The van der Waals surface area contributed by atoms with Crippen LogP contribution in [0.15, 0.2) is 10.7 Å². The summed E-state index contributed by atoms with van der Waals surface area (Å²) in [7, 11) is -14.7. The molecule has 0 aromatic heterocycles. The van der Waals surface area contributed by atoms with Crippen molar-refractivity contribution in [3.8, 4) is 0 Å². The molecule has 0 aromatic rings. The van der Waals surface area contributed by atoms with Gasteiger partial charge in [-0.3, -0.25) is 9.35 Å². The van der Waals surface area contributed by atoms with Crippen LogP contribution < -0.4 is 93.8 Å². The Labute approximate surface area is 310 Å². The summed E-state index contributed by atoms with van der Waals surface area (Å²) in [6.45, 7) is 1.32.